The summed E-state index contributed by atoms with van der Waals surface area (Å²) in [5, 5.41) is 9.00. The van der Waals surface area contributed by atoms with E-state index in [0.717, 1.165) is 0 Å². The number of carboxylic acid groups (broad SMARTS) is 1. The number of hydrogen-bond acceptors (Lipinski definition) is 4. The van der Waals surface area contributed by atoms with Crippen LogP contribution in [0.5, 0.6) is 0 Å². The van der Waals surface area contributed by atoms with Crippen molar-refractivity contribution in [2.24, 2.45) is 7.05 Å². The van der Waals surface area contributed by atoms with E-state index in [1.807, 2.05) is 0 Å². The fraction of sp³-hybridized carbons (Fsp3) is 0.250. The second-order valence-electron chi connectivity index (χ2n) is 3.80. The zero-order valence-corrected chi connectivity index (χ0v) is 9.79. The SMILES string of the molecule is Cn1c(COCC(=O)O)nc2ccccc2c1=O. The molecule has 6 nitrogen and oxygen atoms in total. The molecule has 6 heteroatoms. The highest BCUT2D eigenvalue weighted by Gasteiger charge is 2.08. The molecule has 2 aromatic rings. The first-order valence-electron chi connectivity index (χ1n) is 5.34. The summed E-state index contributed by atoms with van der Waals surface area (Å²) in [6.45, 7) is -0.425. The Morgan fingerprint density at radius 3 is 2.89 bits per heavy atom. The van der Waals surface area contributed by atoms with Gasteiger partial charge in [0.1, 0.15) is 19.0 Å². The molecular weight excluding hydrogens is 236 g/mol. The molecular formula is C12H12N2O4. The maximum atomic E-state index is 12.0. The average molecular weight is 248 g/mol. The third kappa shape index (κ3) is 2.38. The lowest BCUT2D eigenvalue weighted by molar-refractivity contribution is -0.142. The second-order valence-corrected chi connectivity index (χ2v) is 3.80. The van der Waals surface area contributed by atoms with Crippen LogP contribution in [-0.2, 0) is 23.2 Å². The summed E-state index contributed by atoms with van der Waals surface area (Å²) in [7, 11) is 1.58. The van der Waals surface area contributed by atoms with E-state index in [-0.39, 0.29) is 12.2 Å². The summed E-state index contributed by atoms with van der Waals surface area (Å²) in [6.07, 6.45) is 0. The van der Waals surface area contributed by atoms with Crippen LogP contribution in [-0.4, -0.2) is 27.2 Å². The molecule has 1 heterocycles. The molecule has 0 saturated heterocycles. The molecule has 0 unspecified atom stereocenters. The van der Waals surface area contributed by atoms with Gasteiger partial charge in [-0.1, -0.05) is 12.1 Å². The number of carboxylic acids is 1. The normalized spacial score (nSPS) is 10.7. The number of nitrogens with zero attached hydrogens (tertiary/aromatic N) is 2. The van der Waals surface area contributed by atoms with Crippen molar-refractivity contribution in [2.75, 3.05) is 6.61 Å². The number of carbonyl (C=O) groups is 1. The van der Waals surface area contributed by atoms with Crippen LogP contribution in [0, 0.1) is 0 Å². The Morgan fingerprint density at radius 2 is 2.17 bits per heavy atom. The Labute approximate surface area is 102 Å². The van der Waals surface area contributed by atoms with E-state index in [2.05, 4.69) is 4.98 Å². The molecule has 0 amide bonds. The van der Waals surface area contributed by atoms with Gasteiger partial charge in [-0.05, 0) is 12.1 Å². The molecule has 0 saturated carbocycles. The van der Waals surface area contributed by atoms with Gasteiger partial charge in [-0.2, -0.15) is 0 Å². The van der Waals surface area contributed by atoms with Crippen molar-refractivity contribution in [3.63, 3.8) is 0 Å². The van der Waals surface area contributed by atoms with Gasteiger partial charge in [0.2, 0.25) is 0 Å². The number of aliphatic carboxylic acids is 1. The lowest BCUT2D eigenvalue weighted by Gasteiger charge is -2.08. The van der Waals surface area contributed by atoms with Crippen LogP contribution in [0.15, 0.2) is 29.1 Å². The lowest BCUT2D eigenvalue weighted by Crippen LogP contribution is -2.23. The fourth-order valence-corrected chi connectivity index (χ4v) is 1.62. The van der Waals surface area contributed by atoms with E-state index < -0.39 is 12.6 Å². The summed E-state index contributed by atoms with van der Waals surface area (Å²) in [6, 6.07) is 6.99. The maximum absolute atomic E-state index is 12.0. The zero-order valence-electron chi connectivity index (χ0n) is 9.79. The molecule has 94 valence electrons. The molecule has 0 spiro atoms. The van der Waals surface area contributed by atoms with E-state index in [9.17, 15) is 9.59 Å². The molecule has 1 N–H and O–H groups in total. The lowest BCUT2D eigenvalue weighted by atomic mass is 10.2. The Kier molecular flexibility index (Phi) is 3.38. The molecule has 0 fully saturated rings. The molecule has 2 rings (SSSR count). The van der Waals surface area contributed by atoms with Crippen molar-refractivity contribution in [3.05, 3.63) is 40.4 Å². The third-order valence-electron chi connectivity index (χ3n) is 2.53. The van der Waals surface area contributed by atoms with Crippen molar-refractivity contribution in [1.82, 2.24) is 9.55 Å². The Balaban J connectivity index is 2.36. The van der Waals surface area contributed by atoms with Crippen LogP contribution < -0.4 is 5.56 Å². The van der Waals surface area contributed by atoms with E-state index in [4.69, 9.17) is 9.84 Å². The highest BCUT2D eigenvalue weighted by Crippen LogP contribution is 2.07. The minimum atomic E-state index is -1.05. The summed E-state index contributed by atoms with van der Waals surface area (Å²) >= 11 is 0. The maximum Gasteiger partial charge on any atom is 0.329 e. The molecule has 0 bridgehead atoms. The predicted octanol–water partition coefficient (Wildman–Crippen LogP) is 0.535. The number of para-hydroxylation sites is 1. The highest BCUT2D eigenvalue weighted by atomic mass is 16.5. The second kappa shape index (κ2) is 4.97. The van der Waals surface area contributed by atoms with Gasteiger partial charge in [0, 0.05) is 7.05 Å². The molecule has 1 aromatic heterocycles. The molecule has 0 atom stereocenters. The van der Waals surface area contributed by atoms with E-state index in [0.29, 0.717) is 16.7 Å². The number of benzene rings is 1. The quantitative estimate of drug-likeness (QED) is 0.853. The first-order valence-corrected chi connectivity index (χ1v) is 5.34. The van der Waals surface area contributed by atoms with Crippen LogP contribution >= 0.6 is 0 Å². The molecule has 0 aliphatic heterocycles. The summed E-state index contributed by atoms with van der Waals surface area (Å²) in [5.41, 5.74) is 0.407. The Morgan fingerprint density at radius 1 is 1.44 bits per heavy atom. The van der Waals surface area contributed by atoms with Gasteiger partial charge in [-0.15, -0.1) is 0 Å². The topological polar surface area (TPSA) is 81.4 Å². The molecule has 0 radical (unpaired) electrons. The van der Waals surface area contributed by atoms with Crippen LogP contribution in [0.2, 0.25) is 0 Å². The Bertz CT molecular complexity index is 648. The molecule has 18 heavy (non-hydrogen) atoms. The summed E-state index contributed by atoms with van der Waals surface area (Å²) < 4.78 is 6.31. The minimum Gasteiger partial charge on any atom is -0.480 e. The third-order valence-corrected chi connectivity index (χ3v) is 2.53. The smallest absolute Gasteiger partial charge is 0.329 e. The first-order chi connectivity index (χ1) is 8.59. The molecule has 0 aliphatic rings. The van der Waals surface area contributed by atoms with Crippen LogP contribution in [0.1, 0.15) is 5.82 Å². The van der Waals surface area contributed by atoms with Gasteiger partial charge in [-0.3, -0.25) is 9.36 Å². The number of rotatable bonds is 4. The number of fused-ring (bicyclic) bond motifs is 1. The standard InChI is InChI=1S/C12H12N2O4/c1-14-10(6-18-7-11(15)16)13-9-5-3-2-4-8(9)12(14)17/h2-5H,6-7H2,1H3,(H,15,16). The first kappa shape index (κ1) is 12.3. The zero-order chi connectivity index (χ0) is 13.1. The highest BCUT2D eigenvalue weighted by molar-refractivity contribution is 5.77. The number of aromatic nitrogens is 2. The van der Waals surface area contributed by atoms with E-state index in [1.54, 1.807) is 31.3 Å². The van der Waals surface area contributed by atoms with Crippen molar-refractivity contribution >= 4 is 16.9 Å². The van der Waals surface area contributed by atoms with Crippen molar-refractivity contribution < 1.29 is 14.6 Å². The molecule has 0 aliphatic carbocycles. The van der Waals surface area contributed by atoms with Crippen LogP contribution in [0.3, 0.4) is 0 Å². The van der Waals surface area contributed by atoms with Crippen molar-refractivity contribution in [2.45, 2.75) is 6.61 Å². The van der Waals surface area contributed by atoms with Gasteiger partial charge >= 0.3 is 5.97 Å². The minimum absolute atomic E-state index is 0.0110. The largest absolute Gasteiger partial charge is 0.480 e. The Hall–Kier alpha value is -2.21. The van der Waals surface area contributed by atoms with Crippen LogP contribution in [0.4, 0.5) is 0 Å². The monoisotopic (exact) mass is 248 g/mol. The van der Waals surface area contributed by atoms with E-state index >= 15 is 0 Å². The number of ether oxygens (including phenoxy) is 1. The van der Waals surface area contributed by atoms with Gasteiger partial charge in [-0.25, -0.2) is 9.78 Å². The van der Waals surface area contributed by atoms with Crippen molar-refractivity contribution in [1.29, 1.82) is 0 Å². The average Bonchev–Trinajstić information content (AvgIpc) is 2.35. The van der Waals surface area contributed by atoms with Crippen LogP contribution in [0.25, 0.3) is 10.9 Å². The van der Waals surface area contributed by atoms with E-state index in [1.165, 1.54) is 4.57 Å². The van der Waals surface area contributed by atoms with Gasteiger partial charge in [0.15, 0.2) is 0 Å². The van der Waals surface area contributed by atoms with Gasteiger partial charge in [0.25, 0.3) is 5.56 Å². The van der Waals surface area contributed by atoms with Crippen molar-refractivity contribution in [3.8, 4) is 0 Å². The predicted molar refractivity (Wildman–Crippen MR) is 64.3 cm³/mol. The van der Waals surface area contributed by atoms with Gasteiger partial charge < -0.3 is 9.84 Å². The number of hydrogen-bond donors (Lipinski definition) is 1. The van der Waals surface area contributed by atoms with Gasteiger partial charge in [0.05, 0.1) is 10.9 Å². The molecule has 1 aromatic carbocycles. The summed E-state index contributed by atoms with van der Waals surface area (Å²) in [5.74, 6) is -0.652. The summed E-state index contributed by atoms with van der Waals surface area (Å²) in [4.78, 5) is 26.6. The fourth-order valence-electron chi connectivity index (χ4n) is 1.62.